The molecule has 1 atom stereocenters. The predicted molar refractivity (Wildman–Crippen MR) is 150 cm³/mol. The number of pyridine rings is 1. The number of carboxylic acids is 1. The minimum atomic E-state index is -1.09. The average molecular weight is 555 g/mol. The van der Waals surface area contributed by atoms with Crippen molar-refractivity contribution < 1.29 is 29.0 Å². The van der Waals surface area contributed by atoms with Crippen LogP contribution in [0.15, 0.2) is 46.9 Å². The molecular formula is C33H34N2O6. The Hall–Kier alpha value is -3.94. The van der Waals surface area contributed by atoms with Crippen LogP contribution in [0.3, 0.4) is 0 Å². The van der Waals surface area contributed by atoms with Crippen molar-refractivity contribution >= 4 is 17.7 Å². The molecule has 3 aliphatic carbocycles. The van der Waals surface area contributed by atoms with Crippen molar-refractivity contribution in [2.24, 2.45) is 5.41 Å². The third-order valence-corrected chi connectivity index (χ3v) is 10.3. The summed E-state index contributed by atoms with van der Waals surface area (Å²) in [6.45, 7) is 3.66. The van der Waals surface area contributed by atoms with Gasteiger partial charge in [0.15, 0.2) is 11.5 Å². The van der Waals surface area contributed by atoms with Crippen molar-refractivity contribution in [1.82, 2.24) is 9.88 Å². The highest BCUT2D eigenvalue weighted by Gasteiger charge is 2.58. The number of carbonyl (C=O) groups is 3. The second-order valence-corrected chi connectivity index (χ2v) is 12.6. The number of hydrogen-bond donors (Lipinski definition) is 1. The van der Waals surface area contributed by atoms with Crippen LogP contribution in [0.4, 0.5) is 0 Å². The second-order valence-electron chi connectivity index (χ2n) is 12.6. The van der Waals surface area contributed by atoms with Gasteiger partial charge in [-0.3, -0.25) is 9.59 Å². The Kier molecular flexibility index (Phi) is 5.56. The summed E-state index contributed by atoms with van der Waals surface area (Å²) in [6, 6.07) is 7.26. The number of likely N-dealkylation sites (N-methyl/N-ethyl adjacent to an activating group) is 1. The van der Waals surface area contributed by atoms with E-state index in [1.165, 1.54) is 0 Å². The Bertz CT molecular complexity index is 1620. The molecule has 7 rings (SSSR count). The summed E-state index contributed by atoms with van der Waals surface area (Å²) in [4.78, 5) is 46.4. The molecule has 3 heterocycles. The van der Waals surface area contributed by atoms with E-state index in [9.17, 15) is 19.5 Å². The second kappa shape index (κ2) is 8.78. The number of aromatic nitrogens is 1. The number of amides is 1. The lowest BCUT2D eigenvalue weighted by Crippen LogP contribution is -2.48. The molecule has 2 aliphatic heterocycles. The third-order valence-electron chi connectivity index (χ3n) is 10.3. The highest BCUT2D eigenvalue weighted by Crippen LogP contribution is 2.60. The fourth-order valence-electron chi connectivity index (χ4n) is 7.59. The molecule has 0 unspecified atom stereocenters. The van der Waals surface area contributed by atoms with Crippen LogP contribution in [-0.2, 0) is 14.3 Å². The number of Topliss-reactive ketones (excluding diaryl/α,β-unsaturated/α-hetero) is 1. The zero-order chi connectivity index (χ0) is 28.8. The maximum absolute atomic E-state index is 14.1. The van der Waals surface area contributed by atoms with Crippen molar-refractivity contribution in [1.29, 1.82) is 0 Å². The van der Waals surface area contributed by atoms with E-state index in [0.717, 1.165) is 48.8 Å². The molecule has 8 nitrogen and oxygen atoms in total. The van der Waals surface area contributed by atoms with Gasteiger partial charge in [0.25, 0.3) is 5.91 Å². The average Bonchev–Trinajstić information content (AvgIpc) is 3.70. The summed E-state index contributed by atoms with van der Waals surface area (Å²) in [5.74, 6) is 0.180. The predicted octanol–water partition coefficient (Wildman–Crippen LogP) is 5.62. The van der Waals surface area contributed by atoms with Crippen LogP contribution in [0, 0.1) is 19.3 Å². The van der Waals surface area contributed by atoms with Gasteiger partial charge in [-0.05, 0) is 74.3 Å². The van der Waals surface area contributed by atoms with Gasteiger partial charge in [0.1, 0.15) is 17.3 Å². The Morgan fingerprint density at radius 3 is 2.39 bits per heavy atom. The first-order chi connectivity index (χ1) is 19.6. The number of hydrogen-bond acceptors (Lipinski definition) is 6. The number of aromatic carboxylic acids is 1. The zero-order valence-electron chi connectivity index (χ0n) is 23.9. The summed E-state index contributed by atoms with van der Waals surface area (Å²) in [7, 11) is 3.45. The number of ketones is 1. The molecule has 1 amide bonds. The molecule has 0 radical (unpaired) electrons. The number of benzene rings is 1. The highest BCUT2D eigenvalue weighted by molar-refractivity contribution is 6.06. The molecule has 0 bridgehead atoms. The van der Waals surface area contributed by atoms with Crippen LogP contribution >= 0.6 is 0 Å². The molecule has 8 heteroatoms. The first kappa shape index (κ1) is 26.0. The van der Waals surface area contributed by atoms with Gasteiger partial charge < -0.3 is 19.5 Å². The van der Waals surface area contributed by atoms with Crippen LogP contribution in [0.1, 0.15) is 84.5 Å². The maximum Gasteiger partial charge on any atom is 0.354 e. The highest BCUT2D eigenvalue weighted by atomic mass is 16.5. The van der Waals surface area contributed by atoms with Crippen molar-refractivity contribution in [3.05, 3.63) is 69.3 Å². The van der Waals surface area contributed by atoms with Crippen LogP contribution in [0.25, 0.3) is 11.3 Å². The SMILES string of the molecule is COc1ccc(-c2ccc(C)c(C(=O)O)n2)c(C)c1[C@@H]1C2=C(CC3(CCC3)CC2=O)OC2=C1C(=O)N(C)C1(CC1)C2. The molecule has 0 saturated heterocycles. The minimum absolute atomic E-state index is 0.00704. The van der Waals surface area contributed by atoms with Gasteiger partial charge >= 0.3 is 5.97 Å². The Morgan fingerprint density at radius 2 is 1.76 bits per heavy atom. The van der Waals surface area contributed by atoms with E-state index in [-0.39, 0.29) is 28.3 Å². The molecule has 41 heavy (non-hydrogen) atoms. The first-order valence-corrected chi connectivity index (χ1v) is 14.4. The number of nitrogens with zero attached hydrogens (tertiary/aromatic N) is 2. The van der Waals surface area contributed by atoms with E-state index in [4.69, 9.17) is 9.47 Å². The number of carboxylic acid groups (broad SMARTS) is 1. The molecule has 2 saturated carbocycles. The van der Waals surface area contributed by atoms with E-state index in [2.05, 4.69) is 4.98 Å². The van der Waals surface area contributed by atoms with Crippen LogP contribution in [0.5, 0.6) is 5.75 Å². The topological polar surface area (TPSA) is 106 Å². The minimum Gasteiger partial charge on any atom is -0.496 e. The number of methoxy groups -OCH3 is 1. The quantitative estimate of drug-likeness (QED) is 0.523. The molecule has 2 fully saturated rings. The zero-order valence-corrected chi connectivity index (χ0v) is 23.9. The van der Waals surface area contributed by atoms with Crippen molar-refractivity contribution in [2.75, 3.05) is 14.2 Å². The Morgan fingerprint density at radius 1 is 1.02 bits per heavy atom. The summed E-state index contributed by atoms with van der Waals surface area (Å²) >= 11 is 0. The first-order valence-electron chi connectivity index (χ1n) is 14.4. The van der Waals surface area contributed by atoms with E-state index in [1.807, 2.05) is 37.1 Å². The van der Waals surface area contributed by atoms with E-state index in [0.29, 0.717) is 58.9 Å². The molecule has 2 aromatic rings. The van der Waals surface area contributed by atoms with Crippen LogP contribution in [0.2, 0.25) is 0 Å². The van der Waals surface area contributed by atoms with Crippen LogP contribution in [-0.4, -0.2) is 52.3 Å². The Labute approximate surface area is 239 Å². The summed E-state index contributed by atoms with van der Waals surface area (Å²) in [5, 5.41) is 9.72. The van der Waals surface area contributed by atoms with Gasteiger partial charge in [0.05, 0.1) is 29.8 Å². The summed E-state index contributed by atoms with van der Waals surface area (Å²) in [6.07, 6.45) is 6.85. The monoisotopic (exact) mass is 554 g/mol. The maximum atomic E-state index is 14.1. The smallest absolute Gasteiger partial charge is 0.354 e. The number of rotatable bonds is 4. The number of aryl methyl sites for hydroxylation is 1. The molecule has 1 aromatic carbocycles. The van der Waals surface area contributed by atoms with E-state index < -0.39 is 11.9 Å². The van der Waals surface area contributed by atoms with Crippen molar-refractivity contribution in [3.63, 3.8) is 0 Å². The van der Waals surface area contributed by atoms with Gasteiger partial charge in [0, 0.05) is 43.0 Å². The van der Waals surface area contributed by atoms with Crippen LogP contribution < -0.4 is 4.74 Å². The Balaban J connectivity index is 1.46. The van der Waals surface area contributed by atoms with Crippen molar-refractivity contribution in [2.45, 2.75) is 76.7 Å². The molecule has 1 N–H and O–H groups in total. The van der Waals surface area contributed by atoms with E-state index >= 15 is 0 Å². The lowest BCUT2D eigenvalue weighted by atomic mass is 9.58. The normalized spacial score (nSPS) is 23.7. The van der Waals surface area contributed by atoms with Gasteiger partial charge in [-0.1, -0.05) is 12.5 Å². The fourth-order valence-corrected chi connectivity index (χ4v) is 7.59. The molecule has 5 aliphatic rings. The molecule has 1 aromatic heterocycles. The van der Waals surface area contributed by atoms with Gasteiger partial charge in [-0.15, -0.1) is 0 Å². The molecule has 2 spiro atoms. The number of ether oxygens (including phenoxy) is 2. The molecule has 212 valence electrons. The van der Waals surface area contributed by atoms with Crippen molar-refractivity contribution in [3.8, 4) is 17.0 Å². The lowest BCUT2D eigenvalue weighted by molar-refractivity contribution is -0.131. The lowest BCUT2D eigenvalue weighted by Gasteiger charge is -2.49. The summed E-state index contributed by atoms with van der Waals surface area (Å²) in [5.41, 5.74) is 4.18. The number of allylic oxidation sites excluding steroid dienone is 2. The third kappa shape index (κ3) is 3.72. The standard InChI is InChI=1S/C33H34N2O6/c1-17-6-8-20(34-29(17)31(38)39)19-7-9-22(40-4)25(18(19)2)28-26-21(36)14-32(10-5-11-32)15-23(26)41-24-16-33(12-13-33)35(3)30(37)27(24)28/h6-9,28H,5,10-16H2,1-4H3,(H,38,39)/t28-/m1/s1. The van der Waals surface area contributed by atoms with Gasteiger partial charge in [-0.2, -0.15) is 0 Å². The molecular weight excluding hydrogens is 520 g/mol. The van der Waals surface area contributed by atoms with Gasteiger partial charge in [-0.25, -0.2) is 9.78 Å². The van der Waals surface area contributed by atoms with Gasteiger partial charge in [0.2, 0.25) is 0 Å². The summed E-state index contributed by atoms with van der Waals surface area (Å²) < 4.78 is 12.5. The number of carbonyl (C=O) groups excluding carboxylic acids is 2. The van der Waals surface area contributed by atoms with E-state index in [1.54, 1.807) is 20.1 Å². The largest absolute Gasteiger partial charge is 0.496 e. The fraction of sp³-hybridized carbons (Fsp3) is 0.455.